The van der Waals surface area contributed by atoms with Crippen LogP contribution in [0.25, 0.3) is 6.08 Å². The first-order valence-corrected chi connectivity index (χ1v) is 12.3. The Hall–Kier alpha value is -3.95. The number of fused-ring (bicyclic) bond motifs is 1. The van der Waals surface area contributed by atoms with Crippen LogP contribution in [0.15, 0.2) is 82.7 Å². The van der Waals surface area contributed by atoms with Crippen molar-refractivity contribution in [3.05, 3.63) is 94.3 Å². The van der Waals surface area contributed by atoms with E-state index in [0.29, 0.717) is 38.9 Å². The van der Waals surface area contributed by atoms with Gasteiger partial charge in [-0.2, -0.15) is 15.1 Å². The van der Waals surface area contributed by atoms with E-state index in [2.05, 4.69) is 15.1 Å². The van der Waals surface area contributed by atoms with Crippen molar-refractivity contribution in [2.75, 3.05) is 6.61 Å². The highest BCUT2D eigenvalue weighted by atomic mass is 35.5. The van der Waals surface area contributed by atoms with Gasteiger partial charge in [-0.1, -0.05) is 35.9 Å². The van der Waals surface area contributed by atoms with Gasteiger partial charge in [0.25, 0.3) is 5.91 Å². The van der Waals surface area contributed by atoms with E-state index in [4.69, 9.17) is 26.5 Å². The summed E-state index contributed by atoms with van der Waals surface area (Å²) in [6.45, 7) is 2.59. The minimum atomic E-state index is -0.501. The summed E-state index contributed by atoms with van der Waals surface area (Å²) < 4.78 is 11.7. The van der Waals surface area contributed by atoms with Gasteiger partial charge in [0.15, 0.2) is 17.3 Å². The SMILES string of the molecule is CCOc1cc(/C=C2/C(=N)N3N=C(c4cccnc4)SC3=NC2=O)ccc1OCc1ccccc1Cl. The molecular weight excluding hydrogens is 498 g/mol. The third kappa shape index (κ3) is 4.89. The second kappa shape index (κ2) is 10.3. The summed E-state index contributed by atoms with van der Waals surface area (Å²) in [5, 5.41) is 16.1. The van der Waals surface area contributed by atoms with E-state index in [1.807, 2.05) is 37.3 Å². The van der Waals surface area contributed by atoms with Crippen LogP contribution in [-0.2, 0) is 11.4 Å². The Morgan fingerprint density at radius 2 is 1.97 bits per heavy atom. The molecule has 1 aromatic heterocycles. The number of aliphatic imine (C=N–C) groups is 1. The number of hydrogen-bond donors (Lipinski definition) is 1. The van der Waals surface area contributed by atoms with E-state index in [1.165, 1.54) is 16.8 Å². The maximum absolute atomic E-state index is 12.8. The quantitative estimate of drug-likeness (QED) is 0.422. The third-order valence-electron chi connectivity index (χ3n) is 5.28. The number of pyridine rings is 1. The molecular formula is C26H20ClN5O3S. The number of aromatic nitrogens is 1. The van der Waals surface area contributed by atoms with Crippen LogP contribution in [0.5, 0.6) is 11.5 Å². The summed E-state index contributed by atoms with van der Waals surface area (Å²) in [6.07, 6.45) is 4.95. The van der Waals surface area contributed by atoms with E-state index in [9.17, 15) is 4.79 Å². The molecule has 36 heavy (non-hydrogen) atoms. The molecule has 0 unspecified atom stereocenters. The number of hydrazone groups is 1. The third-order valence-corrected chi connectivity index (χ3v) is 6.61. The number of amidine groups is 2. The van der Waals surface area contributed by atoms with Gasteiger partial charge in [-0.25, -0.2) is 0 Å². The molecule has 3 heterocycles. The lowest BCUT2D eigenvalue weighted by molar-refractivity contribution is -0.114. The summed E-state index contributed by atoms with van der Waals surface area (Å²) in [4.78, 5) is 21.0. The maximum atomic E-state index is 12.8. The molecule has 0 saturated heterocycles. The number of carbonyl (C=O) groups excluding carboxylic acids is 1. The number of carbonyl (C=O) groups is 1. The number of benzene rings is 2. The second-order valence-corrected chi connectivity index (χ2v) is 9.05. The normalized spacial score (nSPS) is 16.1. The van der Waals surface area contributed by atoms with Gasteiger partial charge in [-0.05, 0) is 60.7 Å². The van der Waals surface area contributed by atoms with E-state index in [0.717, 1.165) is 11.1 Å². The summed E-state index contributed by atoms with van der Waals surface area (Å²) in [7, 11) is 0. The topological polar surface area (TPSA) is 100 Å². The Bertz CT molecular complexity index is 1440. The molecule has 8 nitrogen and oxygen atoms in total. The van der Waals surface area contributed by atoms with E-state index in [1.54, 1.807) is 42.7 Å². The number of amides is 1. The smallest absolute Gasteiger partial charge is 0.283 e. The van der Waals surface area contributed by atoms with Crippen molar-refractivity contribution in [2.24, 2.45) is 10.1 Å². The van der Waals surface area contributed by atoms with Crippen molar-refractivity contribution in [2.45, 2.75) is 13.5 Å². The zero-order valence-electron chi connectivity index (χ0n) is 19.1. The van der Waals surface area contributed by atoms with Gasteiger partial charge in [-0.15, -0.1) is 0 Å². The van der Waals surface area contributed by atoms with E-state index < -0.39 is 5.91 Å². The lowest BCUT2D eigenvalue weighted by Crippen LogP contribution is -2.35. The number of thioether (sulfide) groups is 1. The van der Waals surface area contributed by atoms with Gasteiger partial charge in [-0.3, -0.25) is 15.2 Å². The summed E-state index contributed by atoms with van der Waals surface area (Å²) in [5.41, 5.74) is 2.44. The first-order valence-electron chi connectivity index (χ1n) is 11.1. The lowest BCUT2D eigenvalue weighted by Gasteiger charge is -2.20. The van der Waals surface area contributed by atoms with Gasteiger partial charge in [0, 0.05) is 28.5 Å². The summed E-state index contributed by atoms with van der Waals surface area (Å²) in [6, 6.07) is 16.5. The average molecular weight is 518 g/mol. The minimum absolute atomic E-state index is 0.0478. The number of halogens is 1. The largest absolute Gasteiger partial charge is 0.490 e. The van der Waals surface area contributed by atoms with Crippen LogP contribution in [0.3, 0.4) is 0 Å². The average Bonchev–Trinajstić information content (AvgIpc) is 3.32. The van der Waals surface area contributed by atoms with Gasteiger partial charge >= 0.3 is 0 Å². The summed E-state index contributed by atoms with van der Waals surface area (Å²) in [5.74, 6) is 0.518. The first-order chi connectivity index (χ1) is 17.5. The molecule has 0 spiro atoms. The first kappa shape index (κ1) is 23.8. The Morgan fingerprint density at radius 3 is 2.75 bits per heavy atom. The number of rotatable bonds is 7. The van der Waals surface area contributed by atoms with Crippen LogP contribution in [0.4, 0.5) is 0 Å². The molecule has 0 fully saturated rings. The highest BCUT2D eigenvalue weighted by Gasteiger charge is 2.36. The molecule has 1 amide bonds. The molecule has 10 heteroatoms. The van der Waals surface area contributed by atoms with Crippen LogP contribution in [0.1, 0.15) is 23.6 Å². The molecule has 0 radical (unpaired) electrons. The van der Waals surface area contributed by atoms with Crippen LogP contribution < -0.4 is 9.47 Å². The number of nitrogens with zero attached hydrogens (tertiary/aromatic N) is 4. The van der Waals surface area contributed by atoms with Gasteiger partial charge in [0.2, 0.25) is 5.17 Å². The van der Waals surface area contributed by atoms with Crippen molar-refractivity contribution >= 4 is 51.4 Å². The Kier molecular flexibility index (Phi) is 6.84. The zero-order valence-corrected chi connectivity index (χ0v) is 20.7. The minimum Gasteiger partial charge on any atom is -0.490 e. The number of nitrogens with one attached hydrogen (secondary N) is 1. The highest BCUT2D eigenvalue weighted by Crippen LogP contribution is 2.33. The Labute approximate surface area is 216 Å². The molecule has 3 aromatic rings. The molecule has 5 rings (SSSR count). The van der Waals surface area contributed by atoms with Crippen LogP contribution in [0, 0.1) is 5.41 Å². The monoisotopic (exact) mass is 517 g/mol. The molecule has 2 aliphatic heterocycles. The molecule has 1 N–H and O–H groups in total. The Balaban J connectivity index is 1.40. The fourth-order valence-corrected chi connectivity index (χ4v) is 4.61. The Morgan fingerprint density at radius 1 is 1.11 bits per heavy atom. The van der Waals surface area contributed by atoms with Crippen LogP contribution in [-0.4, -0.2) is 38.6 Å². The van der Waals surface area contributed by atoms with Crippen molar-refractivity contribution in [3.8, 4) is 11.5 Å². The second-order valence-electron chi connectivity index (χ2n) is 7.69. The highest BCUT2D eigenvalue weighted by molar-refractivity contribution is 8.27. The fourth-order valence-electron chi connectivity index (χ4n) is 3.54. The summed E-state index contributed by atoms with van der Waals surface area (Å²) >= 11 is 7.47. The zero-order chi connectivity index (χ0) is 25.1. The lowest BCUT2D eigenvalue weighted by atomic mass is 10.1. The number of hydrogen-bond acceptors (Lipinski definition) is 7. The van der Waals surface area contributed by atoms with Gasteiger partial charge in [0.1, 0.15) is 11.7 Å². The molecule has 2 aliphatic rings. The number of ether oxygens (including phenoxy) is 2. The van der Waals surface area contributed by atoms with Crippen molar-refractivity contribution in [1.29, 1.82) is 5.41 Å². The van der Waals surface area contributed by atoms with Gasteiger partial charge in [0.05, 0.1) is 12.2 Å². The molecule has 0 aliphatic carbocycles. The van der Waals surface area contributed by atoms with Crippen molar-refractivity contribution in [3.63, 3.8) is 0 Å². The predicted octanol–water partition coefficient (Wildman–Crippen LogP) is 5.38. The van der Waals surface area contributed by atoms with E-state index in [-0.39, 0.29) is 18.0 Å². The van der Waals surface area contributed by atoms with Crippen molar-refractivity contribution in [1.82, 2.24) is 9.99 Å². The van der Waals surface area contributed by atoms with Gasteiger partial charge < -0.3 is 9.47 Å². The fraction of sp³-hybridized carbons (Fsp3) is 0.115. The van der Waals surface area contributed by atoms with Crippen LogP contribution in [0.2, 0.25) is 5.02 Å². The maximum Gasteiger partial charge on any atom is 0.283 e. The standard InChI is InChI=1S/C26H20ClN5O3S/c1-2-34-22-13-16(9-10-21(22)35-15-18-6-3-4-8-20(18)27)12-19-23(28)32-26(30-24(19)33)36-25(31-32)17-7-5-11-29-14-17/h3-14,28H,2,15H2,1H3/b19-12-,28-23?. The predicted molar refractivity (Wildman–Crippen MR) is 142 cm³/mol. The van der Waals surface area contributed by atoms with Crippen molar-refractivity contribution < 1.29 is 14.3 Å². The molecule has 0 saturated carbocycles. The molecule has 2 aromatic carbocycles. The van der Waals surface area contributed by atoms with E-state index >= 15 is 0 Å². The molecule has 180 valence electrons. The molecule has 0 bridgehead atoms. The van der Waals surface area contributed by atoms with Crippen LogP contribution >= 0.6 is 23.4 Å². The molecule has 0 atom stereocenters.